The molecule has 6 nitrogen and oxygen atoms in total. The number of carboxylic acids is 1. The van der Waals surface area contributed by atoms with Crippen molar-refractivity contribution in [2.24, 2.45) is 7.05 Å². The molecule has 0 aliphatic carbocycles. The highest BCUT2D eigenvalue weighted by molar-refractivity contribution is 7.09. The molecule has 0 spiro atoms. The third kappa shape index (κ3) is 4.63. The van der Waals surface area contributed by atoms with E-state index in [0.29, 0.717) is 13.0 Å². The number of nitrogens with zero attached hydrogens (tertiary/aromatic N) is 3. The van der Waals surface area contributed by atoms with Crippen LogP contribution in [0.5, 0.6) is 0 Å². The van der Waals surface area contributed by atoms with Gasteiger partial charge in [-0.15, -0.1) is 11.3 Å². The van der Waals surface area contributed by atoms with Crippen LogP contribution in [-0.4, -0.2) is 44.5 Å². The van der Waals surface area contributed by atoms with Gasteiger partial charge in [0.1, 0.15) is 12.2 Å². The summed E-state index contributed by atoms with van der Waals surface area (Å²) in [5.41, 5.74) is 3.66. The molecule has 0 unspecified atom stereocenters. The van der Waals surface area contributed by atoms with Gasteiger partial charge in [-0.3, -0.25) is 9.59 Å². The Kier molecular flexibility index (Phi) is 6.47. The van der Waals surface area contributed by atoms with Gasteiger partial charge in [-0.05, 0) is 41.6 Å². The van der Waals surface area contributed by atoms with Gasteiger partial charge in [-0.25, -0.2) is 4.98 Å². The summed E-state index contributed by atoms with van der Waals surface area (Å²) >= 11 is 1.60. The molecule has 1 amide bonds. The number of aromatic nitrogens is 2. The zero-order valence-electron chi connectivity index (χ0n) is 17.6. The standard InChI is InChI=1S/C25H23N3O3S/c1-27-24(18-7-3-2-4-8-18)20(21-10-5-14-26-25(21)27)11-12-22(29)28(17-23(30)31)15-13-19-9-6-16-32-19/h2-12,14,16H,13,15,17H2,1H3,(H,30,31). The van der Waals surface area contributed by atoms with Gasteiger partial charge in [0.2, 0.25) is 5.91 Å². The number of carbonyl (C=O) groups is 2. The maximum absolute atomic E-state index is 13.0. The van der Waals surface area contributed by atoms with Crippen molar-refractivity contribution in [1.29, 1.82) is 0 Å². The highest BCUT2D eigenvalue weighted by atomic mass is 32.1. The number of carboxylic acid groups (broad SMARTS) is 1. The van der Waals surface area contributed by atoms with Crippen molar-refractivity contribution in [3.63, 3.8) is 0 Å². The number of fused-ring (bicyclic) bond motifs is 1. The van der Waals surface area contributed by atoms with Crippen LogP contribution in [0, 0.1) is 0 Å². The summed E-state index contributed by atoms with van der Waals surface area (Å²) in [5.74, 6) is -1.36. The highest BCUT2D eigenvalue weighted by Crippen LogP contribution is 2.33. The zero-order chi connectivity index (χ0) is 22.5. The van der Waals surface area contributed by atoms with Gasteiger partial charge in [0.15, 0.2) is 0 Å². The summed E-state index contributed by atoms with van der Waals surface area (Å²) in [5, 5.41) is 12.2. The number of hydrogen-bond acceptors (Lipinski definition) is 4. The van der Waals surface area contributed by atoms with Gasteiger partial charge in [-0.2, -0.15) is 0 Å². The quantitative estimate of drug-likeness (QED) is 0.406. The number of amides is 1. The fourth-order valence-electron chi connectivity index (χ4n) is 3.79. The van der Waals surface area contributed by atoms with Gasteiger partial charge in [0.05, 0.1) is 5.69 Å². The van der Waals surface area contributed by atoms with Crippen molar-refractivity contribution in [3.05, 3.63) is 82.7 Å². The molecule has 0 saturated carbocycles. The number of benzene rings is 1. The molecule has 0 aliphatic rings. The van der Waals surface area contributed by atoms with Gasteiger partial charge >= 0.3 is 5.97 Å². The fraction of sp³-hybridized carbons (Fsp3) is 0.160. The van der Waals surface area contributed by atoms with E-state index in [9.17, 15) is 14.7 Å². The third-order valence-corrected chi connectivity index (χ3v) is 6.21. The molecule has 32 heavy (non-hydrogen) atoms. The lowest BCUT2D eigenvalue weighted by Crippen LogP contribution is -2.36. The average Bonchev–Trinajstić information content (AvgIpc) is 3.42. The van der Waals surface area contributed by atoms with Crippen LogP contribution in [0.15, 0.2) is 72.3 Å². The van der Waals surface area contributed by atoms with Crippen molar-refractivity contribution in [3.8, 4) is 11.3 Å². The molecular weight excluding hydrogens is 422 g/mol. The van der Waals surface area contributed by atoms with E-state index >= 15 is 0 Å². The first kappa shape index (κ1) is 21.5. The van der Waals surface area contributed by atoms with E-state index in [-0.39, 0.29) is 12.5 Å². The second-order valence-corrected chi connectivity index (χ2v) is 8.41. The summed E-state index contributed by atoms with van der Waals surface area (Å²) in [6, 6.07) is 17.7. The molecule has 0 radical (unpaired) electrons. The lowest BCUT2D eigenvalue weighted by molar-refractivity contribution is -0.142. The summed E-state index contributed by atoms with van der Waals surface area (Å²) in [6.07, 6.45) is 5.60. The van der Waals surface area contributed by atoms with Crippen molar-refractivity contribution >= 4 is 40.3 Å². The lowest BCUT2D eigenvalue weighted by Gasteiger charge is -2.18. The molecule has 0 atom stereocenters. The van der Waals surface area contributed by atoms with Crippen LogP contribution in [0.4, 0.5) is 0 Å². The van der Waals surface area contributed by atoms with Crippen molar-refractivity contribution < 1.29 is 14.7 Å². The van der Waals surface area contributed by atoms with Crippen LogP contribution < -0.4 is 0 Å². The Morgan fingerprint density at radius 1 is 1.12 bits per heavy atom. The Bertz CT molecular complexity index is 1260. The van der Waals surface area contributed by atoms with E-state index in [1.807, 2.05) is 71.6 Å². The fourth-order valence-corrected chi connectivity index (χ4v) is 4.49. The monoisotopic (exact) mass is 445 g/mol. The molecule has 0 fully saturated rings. The smallest absolute Gasteiger partial charge is 0.323 e. The molecule has 0 saturated heterocycles. The van der Waals surface area contributed by atoms with Gasteiger partial charge < -0.3 is 14.6 Å². The molecular formula is C25H23N3O3S. The second-order valence-electron chi connectivity index (χ2n) is 7.38. The minimum atomic E-state index is -1.03. The molecule has 3 heterocycles. The largest absolute Gasteiger partial charge is 0.480 e. The summed E-state index contributed by atoms with van der Waals surface area (Å²) in [7, 11) is 1.95. The molecule has 1 N–H and O–H groups in total. The van der Waals surface area contributed by atoms with E-state index in [2.05, 4.69) is 4.98 Å². The molecule has 3 aromatic heterocycles. The number of aryl methyl sites for hydroxylation is 1. The van der Waals surface area contributed by atoms with Crippen molar-refractivity contribution in [2.75, 3.05) is 13.1 Å². The minimum Gasteiger partial charge on any atom is -0.480 e. The normalized spacial score (nSPS) is 11.3. The molecule has 162 valence electrons. The number of thiophene rings is 1. The lowest BCUT2D eigenvalue weighted by atomic mass is 10.1. The maximum Gasteiger partial charge on any atom is 0.323 e. The predicted octanol–water partition coefficient (Wildman–Crippen LogP) is 4.47. The number of aliphatic carboxylic acids is 1. The van der Waals surface area contributed by atoms with Crippen LogP contribution in [-0.2, 0) is 23.1 Å². The van der Waals surface area contributed by atoms with E-state index in [1.165, 1.54) is 11.0 Å². The predicted molar refractivity (Wildman–Crippen MR) is 127 cm³/mol. The maximum atomic E-state index is 13.0. The van der Waals surface area contributed by atoms with Gasteiger partial charge in [0.25, 0.3) is 0 Å². The number of rotatable bonds is 8. The van der Waals surface area contributed by atoms with Crippen LogP contribution in [0.25, 0.3) is 28.4 Å². The van der Waals surface area contributed by atoms with E-state index in [4.69, 9.17) is 0 Å². The van der Waals surface area contributed by atoms with E-state index < -0.39 is 5.97 Å². The SMILES string of the molecule is Cn1c(-c2ccccc2)c(C=CC(=O)N(CCc2cccs2)CC(=O)O)c2cccnc21. The molecule has 0 aliphatic heterocycles. The topological polar surface area (TPSA) is 75.4 Å². The van der Waals surface area contributed by atoms with Crippen LogP contribution in [0.1, 0.15) is 10.4 Å². The second kappa shape index (κ2) is 9.62. The summed E-state index contributed by atoms with van der Waals surface area (Å²) in [4.78, 5) is 31.3. The van der Waals surface area contributed by atoms with Gasteiger partial charge in [0, 0.05) is 41.7 Å². The molecule has 7 heteroatoms. The molecule has 0 bridgehead atoms. The van der Waals surface area contributed by atoms with Gasteiger partial charge in [-0.1, -0.05) is 36.4 Å². The van der Waals surface area contributed by atoms with E-state index in [0.717, 1.165) is 32.7 Å². The number of carbonyl (C=O) groups excluding carboxylic acids is 1. The van der Waals surface area contributed by atoms with Crippen LogP contribution in [0.3, 0.4) is 0 Å². The third-order valence-electron chi connectivity index (χ3n) is 5.27. The van der Waals surface area contributed by atoms with E-state index in [1.54, 1.807) is 23.6 Å². The zero-order valence-corrected chi connectivity index (χ0v) is 18.5. The first-order chi connectivity index (χ1) is 15.5. The first-order valence-electron chi connectivity index (χ1n) is 10.2. The number of hydrogen-bond donors (Lipinski definition) is 1. The molecule has 4 rings (SSSR count). The number of pyridine rings is 1. The Hall–Kier alpha value is -3.71. The highest BCUT2D eigenvalue weighted by Gasteiger charge is 2.18. The molecule has 4 aromatic rings. The minimum absolute atomic E-state index is 0.330. The summed E-state index contributed by atoms with van der Waals surface area (Å²) < 4.78 is 2.01. The average molecular weight is 446 g/mol. The summed E-state index contributed by atoms with van der Waals surface area (Å²) in [6.45, 7) is 0.00973. The first-order valence-corrected chi connectivity index (χ1v) is 11.1. The Balaban J connectivity index is 1.67. The van der Waals surface area contributed by atoms with Crippen LogP contribution >= 0.6 is 11.3 Å². The van der Waals surface area contributed by atoms with Crippen molar-refractivity contribution in [1.82, 2.24) is 14.5 Å². The van der Waals surface area contributed by atoms with Crippen molar-refractivity contribution in [2.45, 2.75) is 6.42 Å². The molecule has 1 aromatic carbocycles. The van der Waals surface area contributed by atoms with Crippen LogP contribution in [0.2, 0.25) is 0 Å². The Morgan fingerprint density at radius 3 is 2.66 bits per heavy atom. The Labute approximate surface area is 190 Å². The Morgan fingerprint density at radius 2 is 1.94 bits per heavy atom.